The van der Waals surface area contributed by atoms with Crippen molar-refractivity contribution >= 4 is 5.91 Å². The number of ether oxygens (including phenoxy) is 2. The van der Waals surface area contributed by atoms with Crippen LogP contribution >= 0.6 is 0 Å². The van der Waals surface area contributed by atoms with Crippen LogP contribution in [0.15, 0.2) is 42.5 Å². The third-order valence-electron chi connectivity index (χ3n) is 7.02. The van der Waals surface area contributed by atoms with Gasteiger partial charge in [-0.3, -0.25) is 9.69 Å². The van der Waals surface area contributed by atoms with E-state index < -0.39 is 0 Å². The third-order valence-corrected chi connectivity index (χ3v) is 7.02. The summed E-state index contributed by atoms with van der Waals surface area (Å²) in [6.45, 7) is 3.79. The number of benzene rings is 2. The van der Waals surface area contributed by atoms with Crippen molar-refractivity contribution in [3.8, 4) is 5.75 Å². The summed E-state index contributed by atoms with van der Waals surface area (Å²) >= 11 is 0. The highest BCUT2D eigenvalue weighted by Gasteiger charge is 2.49. The lowest BCUT2D eigenvalue weighted by Crippen LogP contribution is -2.38. The maximum Gasteiger partial charge on any atom is 0.225 e. The molecule has 0 aromatic heterocycles. The highest BCUT2D eigenvalue weighted by Crippen LogP contribution is 2.48. The molecule has 0 bridgehead atoms. The average molecular weight is 443 g/mol. The van der Waals surface area contributed by atoms with Gasteiger partial charge in [0.2, 0.25) is 5.91 Å². The van der Waals surface area contributed by atoms with Crippen molar-refractivity contribution in [2.75, 3.05) is 32.9 Å². The molecule has 3 aliphatic rings. The summed E-state index contributed by atoms with van der Waals surface area (Å²) in [6.07, 6.45) is 2.00. The van der Waals surface area contributed by atoms with Gasteiger partial charge in [0.15, 0.2) is 0 Å². The quantitative estimate of drug-likeness (QED) is 0.768. The summed E-state index contributed by atoms with van der Waals surface area (Å²) in [7, 11) is 0. The predicted octanol–water partition coefficient (Wildman–Crippen LogP) is 3.69. The van der Waals surface area contributed by atoms with Gasteiger partial charge in [0.1, 0.15) is 17.4 Å². The number of fused-ring (bicyclic) bond motifs is 3. The number of nitrogens with one attached hydrogen (secondary N) is 1. The normalized spacial score (nSPS) is 25.6. The minimum absolute atomic E-state index is 0.0396. The molecule has 2 aromatic rings. The fourth-order valence-corrected chi connectivity index (χ4v) is 5.34. The number of carbonyl (C=O) groups excluding carboxylic acids is 1. The Kier molecular flexibility index (Phi) is 6.11. The van der Waals surface area contributed by atoms with E-state index in [4.69, 9.17) is 9.47 Å². The first-order chi connectivity index (χ1) is 15.6. The van der Waals surface area contributed by atoms with Crippen molar-refractivity contribution in [3.05, 3.63) is 65.2 Å². The Balaban J connectivity index is 1.35. The molecular formula is C25H28F2N2O3. The van der Waals surface area contributed by atoms with E-state index in [1.54, 1.807) is 24.3 Å². The fraction of sp³-hybridized carbons (Fsp3) is 0.480. The molecule has 2 saturated heterocycles. The van der Waals surface area contributed by atoms with Crippen LogP contribution in [0.25, 0.3) is 0 Å². The topological polar surface area (TPSA) is 50.8 Å². The molecule has 5 rings (SSSR count). The second-order valence-electron chi connectivity index (χ2n) is 9.06. The summed E-state index contributed by atoms with van der Waals surface area (Å²) in [5.74, 6) is 0.287. The van der Waals surface area contributed by atoms with Crippen molar-refractivity contribution < 1.29 is 23.0 Å². The molecule has 3 atom stereocenters. The molecule has 7 heteroatoms. The van der Waals surface area contributed by atoms with E-state index in [1.807, 2.05) is 0 Å². The molecule has 3 aliphatic heterocycles. The number of halogens is 2. The first-order valence-corrected chi connectivity index (χ1v) is 11.3. The van der Waals surface area contributed by atoms with Gasteiger partial charge in [0, 0.05) is 50.4 Å². The summed E-state index contributed by atoms with van der Waals surface area (Å²) in [5.41, 5.74) is 1.68. The largest absolute Gasteiger partial charge is 0.493 e. The summed E-state index contributed by atoms with van der Waals surface area (Å²) < 4.78 is 38.8. The monoisotopic (exact) mass is 442 g/mol. The lowest BCUT2D eigenvalue weighted by atomic mass is 9.84. The molecular weight excluding hydrogens is 414 g/mol. The Morgan fingerprint density at radius 1 is 1.06 bits per heavy atom. The van der Waals surface area contributed by atoms with E-state index in [1.165, 1.54) is 18.2 Å². The van der Waals surface area contributed by atoms with Crippen LogP contribution in [0.5, 0.6) is 5.75 Å². The number of nitrogens with zero attached hydrogens (tertiary/aromatic N) is 1. The Morgan fingerprint density at radius 2 is 1.81 bits per heavy atom. The number of hydrogen-bond acceptors (Lipinski definition) is 4. The van der Waals surface area contributed by atoms with Gasteiger partial charge in [-0.25, -0.2) is 8.78 Å². The Morgan fingerprint density at radius 3 is 2.59 bits per heavy atom. The lowest BCUT2D eigenvalue weighted by Gasteiger charge is -2.36. The molecule has 0 saturated carbocycles. The SMILES string of the molecule is O=C(NCc1ccc(F)cc1)[C@@H]1CN(CC2CCOCC2)[C@H]2c3cc(F)ccc3OC[C@@H]12. The van der Waals surface area contributed by atoms with Gasteiger partial charge < -0.3 is 14.8 Å². The molecule has 5 nitrogen and oxygen atoms in total. The molecule has 1 N–H and O–H groups in total. The fourth-order valence-electron chi connectivity index (χ4n) is 5.34. The summed E-state index contributed by atoms with van der Waals surface area (Å²) in [4.78, 5) is 15.5. The number of hydrogen-bond donors (Lipinski definition) is 1. The highest BCUT2D eigenvalue weighted by molar-refractivity contribution is 5.80. The van der Waals surface area contributed by atoms with E-state index in [0.717, 1.165) is 43.7 Å². The van der Waals surface area contributed by atoms with Crippen LogP contribution in [0.4, 0.5) is 8.78 Å². The third kappa shape index (κ3) is 4.36. The Labute approximate surface area is 186 Å². The maximum absolute atomic E-state index is 14.1. The Bertz CT molecular complexity index is 962. The van der Waals surface area contributed by atoms with Crippen LogP contribution in [0.1, 0.15) is 30.0 Å². The van der Waals surface area contributed by atoms with Gasteiger partial charge in [0.25, 0.3) is 0 Å². The molecule has 2 fully saturated rings. The van der Waals surface area contributed by atoms with Crippen molar-refractivity contribution in [1.82, 2.24) is 10.2 Å². The predicted molar refractivity (Wildman–Crippen MR) is 115 cm³/mol. The second kappa shape index (κ2) is 9.16. The zero-order chi connectivity index (χ0) is 22.1. The maximum atomic E-state index is 14.1. The first kappa shape index (κ1) is 21.3. The van der Waals surface area contributed by atoms with Gasteiger partial charge in [-0.05, 0) is 54.7 Å². The van der Waals surface area contributed by atoms with Crippen LogP contribution in [0, 0.1) is 29.4 Å². The number of carbonyl (C=O) groups is 1. The van der Waals surface area contributed by atoms with Crippen molar-refractivity contribution in [2.24, 2.45) is 17.8 Å². The van der Waals surface area contributed by atoms with Crippen LogP contribution in [-0.2, 0) is 16.1 Å². The van der Waals surface area contributed by atoms with Gasteiger partial charge in [-0.1, -0.05) is 12.1 Å². The lowest BCUT2D eigenvalue weighted by molar-refractivity contribution is -0.126. The molecule has 0 unspecified atom stereocenters. The van der Waals surface area contributed by atoms with E-state index in [0.29, 0.717) is 31.4 Å². The van der Waals surface area contributed by atoms with E-state index in [-0.39, 0.29) is 35.4 Å². The van der Waals surface area contributed by atoms with Gasteiger partial charge in [-0.15, -0.1) is 0 Å². The van der Waals surface area contributed by atoms with Crippen LogP contribution in [-0.4, -0.2) is 43.7 Å². The molecule has 3 heterocycles. The highest BCUT2D eigenvalue weighted by atomic mass is 19.1. The standard InChI is InChI=1S/C25H28F2N2O3/c26-18-3-1-16(2-4-18)12-28-25(30)21-14-29(13-17-7-9-31-10-8-17)24-20-11-19(27)5-6-23(20)32-15-22(21)24/h1-6,11,17,21-22,24H,7-10,12-15H2,(H,28,30)/t21-,22+,24+/m1/s1. The first-order valence-electron chi connectivity index (χ1n) is 11.3. The molecule has 170 valence electrons. The van der Waals surface area contributed by atoms with Crippen LogP contribution in [0.2, 0.25) is 0 Å². The number of rotatable bonds is 5. The van der Waals surface area contributed by atoms with Crippen molar-refractivity contribution in [3.63, 3.8) is 0 Å². The molecule has 0 aliphatic carbocycles. The summed E-state index contributed by atoms with van der Waals surface area (Å²) in [5, 5.41) is 3.02. The second-order valence-corrected chi connectivity index (χ2v) is 9.06. The van der Waals surface area contributed by atoms with E-state index >= 15 is 0 Å². The molecule has 1 amide bonds. The average Bonchev–Trinajstić information content (AvgIpc) is 3.18. The number of likely N-dealkylation sites (tertiary alicyclic amines) is 1. The van der Waals surface area contributed by atoms with Crippen molar-refractivity contribution in [1.29, 1.82) is 0 Å². The van der Waals surface area contributed by atoms with Crippen molar-refractivity contribution in [2.45, 2.75) is 25.4 Å². The molecule has 0 radical (unpaired) electrons. The number of amides is 1. The van der Waals surface area contributed by atoms with Gasteiger partial charge in [-0.2, -0.15) is 0 Å². The van der Waals surface area contributed by atoms with Gasteiger partial charge in [0.05, 0.1) is 12.5 Å². The van der Waals surface area contributed by atoms with E-state index in [2.05, 4.69) is 10.2 Å². The molecule has 32 heavy (non-hydrogen) atoms. The smallest absolute Gasteiger partial charge is 0.225 e. The van der Waals surface area contributed by atoms with Crippen LogP contribution in [0.3, 0.4) is 0 Å². The zero-order valence-electron chi connectivity index (χ0n) is 17.9. The molecule has 0 spiro atoms. The van der Waals surface area contributed by atoms with Crippen LogP contribution < -0.4 is 10.1 Å². The van der Waals surface area contributed by atoms with E-state index in [9.17, 15) is 13.6 Å². The molecule has 2 aromatic carbocycles. The zero-order valence-corrected chi connectivity index (χ0v) is 17.9. The minimum Gasteiger partial charge on any atom is -0.493 e. The minimum atomic E-state index is -0.298. The summed E-state index contributed by atoms with van der Waals surface area (Å²) in [6, 6.07) is 10.8. The Hall–Kier alpha value is -2.51. The van der Waals surface area contributed by atoms with Gasteiger partial charge >= 0.3 is 0 Å².